The molecule has 0 N–H and O–H groups in total. The lowest BCUT2D eigenvalue weighted by Gasteiger charge is -2.18. The molecule has 2 heteroatoms. The zero-order chi connectivity index (χ0) is 8.20. The Hall–Kier alpha value is -0.140. The Morgan fingerprint density at radius 3 is 2.20 bits per heavy atom. The predicted molar refractivity (Wildman–Crippen MR) is 39.6 cm³/mol. The summed E-state index contributed by atoms with van der Waals surface area (Å²) in [5, 5.41) is 0. The summed E-state index contributed by atoms with van der Waals surface area (Å²) < 4.78 is 25.5. The summed E-state index contributed by atoms with van der Waals surface area (Å²) in [7, 11) is 0. The number of alkyl halides is 2. The highest BCUT2D eigenvalue weighted by molar-refractivity contribution is 4.76. The number of halogens is 2. The zero-order valence-corrected chi connectivity index (χ0v) is 6.95. The van der Waals surface area contributed by atoms with E-state index in [9.17, 15) is 8.78 Å². The Morgan fingerprint density at radius 2 is 1.90 bits per heavy atom. The van der Waals surface area contributed by atoms with Crippen LogP contribution in [0.3, 0.4) is 0 Å². The lowest BCUT2D eigenvalue weighted by molar-refractivity contribution is 0.0774. The van der Waals surface area contributed by atoms with Crippen molar-refractivity contribution in [2.45, 2.75) is 51.9 Å². The normalized spacial score (nSPS) is 15.3. The molecule has 0 aliphatic carbocycles. The van der Waals surface area contributed by atoms with Gasteiger partial charge in [0, 0.05) is 0 Å². The third-order valence-corrected chi connectivity index (χ3v) is 1.56. The van der Waals surface area contributed by atoms with Crippen molar-refractivity contribution in [1.82, 2.24) is 0 Å². The van der Waals surface area contributed by atoms with Crippen LogP contribution in [0.1, 0.15) is 40.0 Å². The molecule has 0 bridgehead atoms. The van der Waals surface area contributed by atoms with Gasteiger partial charge in [0.25, 0.3) is 0 Å². The minimum atomic E-state index is -1.66. The van der Waals surface area contributed by atoms with Crippen LogP contribution in [0.25, 0.3) is 0 Å². The summed E-state index contributed by atoms with van der Waals surface area (Å²) in [6, 6.07) is 0. The molecule has 10 heavy (non-hydrogen) atoms. The number of rotatable bonds is 4. The lowest BCUT2D eigenvalue weighted by Crippen LogP contribution is -2.27. The van der Waals surface area contributed by atoms with Crippen LogP contribution in [0.4, 0.5) is 8.78 Å². The Bertz CT molecular complexity index is 83.7. The molecule has 1 atom stereocenters. The Kier molecular flexibility index (Phi) is 3.84. The fourth-order valence-electron chi connectivity index (χ4n) is 0.727. The average molecular weight is 150 g/mol. The van der Waals surface area contributed by atoms with Crippen molar-refractivity contribution in [2.75, 3.05) is 0 Å². The van der Waals surface area contributed by atoms with Gasteiger partial charge in [-0.3, -0.25) is 0 Å². The molecule has 0 aliphatic rings. The molecule has 0 amide bonds. The Balaban J connectivity index is 3.52. The van der Waals surface area contributed by atoms with Gasteiger partial charge in [-0.15, -0.1) is 0 Å². The maximum absolute atomic E-state index is 12.7. The maximum Gasteiger partial charge on any atom is 0.136 e. The summed E-state index contributed by atoms with van der Waals surface area (Å²) in [4.78, 5) is 0. The first-order valence-corrected chi connectivity index (χ1v) is 3.81. The van der Waals surface area contributed by atoms with E-state index in [-0.39, 0.29) is 0 Å². The van der Waals surface area contributed by atoms with Crippen molar-refractivity contribution in [3.05, 3.63) is 0 Å². The van der Waals surface area contributed by atoms with Gasteiger partial charge >= 0.3 is 0 Å². The van der Waals surface area contributed by atoms with Gasteiger partial charge in [0.15, 0.2) is 0 Å². The van der Waals surface area contributed by atoms with Gasteiger partial charge in [0.2, 0.25) is 0 Å². The molecule has 1 unspecified atom stereocenters. The Labute approximate surface area is 61.6 Å². The van der Waals surface area contributed by atoms with Crippen LogP contribution in [0, 0.1) is 0 Å². The maximum atomic E-state index is 12.7. The predicted octanol–water partition coefficient (Wildman–Crippen LogP) is 3.26. The quantitative estimate of drug-likeness (QED) is 0.577. The van der Waals surface area contributed by atoms with E-state index < -0.39 is 11.8 Å². The monoisotopic (exact) mass is 150 g/mol. The first kappa shape index (κ1) is 9.86. The van der Waals surface area contributed by atoms with Crippen LogP contribution >= 0.6 is 0 Å². The molecule has 0 aliphatic heterocycles. The second-order valence-electron chi connectivity index (χ2n) is 3.17. The van der Waals surface area contributed by atoms with Crippen LogP contribution in [-0.2, 0) is 0 Å². The van der Waals surface area contributed by atoms with Crippen LogP contribution in [0.15, 0.2) is 0 Å². The summed E-state index contributed by atoms with van der Waals surface area (Å²) in [5.74, 6) is 0. The summed E-state index contributed by atoms with van der Waals surface area (Å²) >= 11 is 0. The highest BCUT2D eigenvalue weighted by Gasteiger charge is 2.27. The molecule has 0 aromatic rings. The largest absolute Gasteiger partial charge is 0.244 e. The van der Waals surface area contributed by atoms with Crippen molar-refractivity contribution in [3.63, 3.8) is 0 Å². The van der Waals surface area contributed by atoms with Crippen molar-refractivity contribution in [3.8, 4) is 0 Å². The first-order chi connectivity index (χ1) is 4.48. The second kappa shape index (κ2) is 3.89. The topological polar surface area (TPSA) is 0 Å². The van der Waals surface area contributed by atoms with Gasteiger partial charge in [-0.1, -0.05) is 19.8 Å². The molecule has 0 spiro atoms. The van der Waals surface area contributed by atoms with Gasteiger partial charge in [-0.2, -0.15) is 0 Å². The van der Waals surface area contributed by atoms with E-state index in [0.717, 1.165) is 12.8 Å². The molecule has 0 saturated heterocycles. The molecular weight excluding hydrogens is 134 g/mol. The van der Waals surface area contributed by atoms with Crippen molar-refractivity contribution < 1.29 is 8.78 Å². The summed E-state index contributed by atoms with van der Waals surface area (Å²) in [6.07, 6.45) is 0.748. The second-order valence-corrected chi connectivity index (χ2v) is 3.17. The highest BCUT2D eigenvalue weighted by atomic mass is 19.2. The van der Waals surface area contributed by atoms with Crippen LogP contribution in [0.5, 0.6) is 0 Å². The third-order valence-electron chi connectivity index (χ3n) is 1.56. The summed E-state index contributed by atoms with van der Waals surface area (Å²) in [6.45, 7) is 4.54. The van der Waals surface area contributed by atoms with E-state index in [4.69, 9.17) is 0 Å². The molecule has 0 rings (SSSR count). The molecular formula is C8H16F2. The minimum absolute atomic E-state index is 0.347. The summed E-state index contributed by atoms with van der Waals surface area (Å²) in [5.41, 5.74) is -1.66. The van der Waals surface area contributed by atoms with E-state index in [1.54, 1.807) is 0 Å². The zero-order valence-electron chi connectivity index (χ0n) is 6.95. The van der Waals surface area contributed by atoms with Crippen molar-refractivity contribution in [1.29, 1.82) is 0 Å². The van der Waals surface area contributed by atoms with Gasteiger partial charge in [-0.05, 0) is 20.3 Å². The van der Waals surface area contributed by atoms with E-state index >= 15 is 0 Å². The lowest BCUT2D eigenvalue weighted by atomic mass is 10.0. The molecule has 0 fully saturated rings. The number of hydrogen-bond donors (Lipinski definition) is 0. The molecule has 0 aromatic carbocycles. The van der Waals surface area contributed by atoms with Crippen LogP contribution in [-0.4, -0.2) is 11.8 Å². The van der Waals surface area contributed by atoms with E-state index in [1.807, 2.05) is 6.92 Å². The smallest absolute Gasteiger partial charge is 0.136 e. The van der Waals surface area contributed by atoms with Gasteiger partial charge < -0.3 is 0 Å². The van der Waals surface area contributed by atoms with Crippen LogP contribution < -0.4 is 0 Å². The standard InChI is InChI=1S/C8H16F2/c1-4-5-6-7(9)8(2,3)10/h7H,4-6H2,1-3H3. The van der Waals surface area contributed by atoms with E-state index in [2.05, 4.69) is 0 Å². The van der Waals surface area contributed by atoms with Gasteiger partial charge in [0.1, 0.15) is 11.8 Å². The van der Waals surface area contributed by atoms with Gasteiger partial charge in [0.05, 0.1) is 0 Å². The van der Waals surface area contributed by atoms with Crippen molar-refractivity contribution >= 4 is 0 Å². The number of hydrogen-bond acceptors (Lipinski definition) is 0. The highest BCUT2D eigenvalue weighted by Crippen LogP contribution is 2.22. The molecule has 0 nitrogen and oxygen atoms in total. The van der Waals surface area contributed by atoms with E-state index in [1.165, 1.54) is 13.8 Å². The third kappa shape index (κ3) is 3.80. The SMILES string of the molecule is CCCCC(F)C(C)(C)F. The van der Waals surface area contributed by atoms with Gasteiger partial charge in [-0.25, -0.2) is 8.78 Å². The fourth-order valence-corrected chi connectivity index (χ4v) is 0.727. The first-order valence-electron chi connectivity index (χ1n) is 3.81. The van der Waals surface area contributed by atoms with Crippen LogP contribution in [0.2, 0.25) is 0 Å². The fraction of sp³-hybridized carbons (Fsp3) is 1.00. The molecule has 0 radical (unpaired) electrons. The van der Waals surface area contributed by atoms with E-state index in [0.29, 0.717) is 6.42 Å². The molecule has 0 saturated carbocycles. The number of unbranched alkanes of at least 4 members (excludes halogenated alkanes) is 1. The minimum Gasteiger partial charge on any atom is -0.244 e. The Morgan fingerprint density at radius 1 is 1.40 bits per heavy atom. The molecule has 0 heterocycles. The van der Waals surface area contributed by atoms with Crippen molar-refractivity contribution in [2.24, 2.45) is 0 Å². The molecule has 0 aromatic heterocycles. The molecule has 62 valence electrons. The average Bonchev–Trinajstić information content (AvgIpc) is 1.80.